The minimum Gasteiger partial charge on any atom is -0.399 e. The van der Waals surface area contributed by atoms with Gasteiger partial charge in [-0.3, -0.25) is 4.90 Å². The van der Waals surface area contributed by atoms with Crippen LogP contribution in [0.5, 0.6) is 0 Å². The number of hydrogen-bond acceptors (Lipinski definition) is 3. The Kier molecular flexibility index (Phi) is 3.99. The maximum Gasteiger partial charge on any atom is 0.0697 e. The third kappa shape index (κ3) is 2.99. The third-order valence-corrected chi connectivity index (χ3v) is 5.02. The first kappa shape index (κ1) is 13.9. The fraction of sp³-hybridized carbons (Fsp3) is 0.647. The number of hydrogen-bond donors (Lipinski definition) is 1. The minimum absolute atomic E-state index is 0.207. The van der Waals surface area contributed by atoms with Crippen LogP contribution in [0.1, 0.15) is 44.1 Å². The van der Waals surface area contributed by atoms with E-state index in [2.05, 4.69) is 24.1 Å². The minimum atomic E-state index is 0.207. The van der Waals surface area contributed by atoms with Crippen LogP contribution in [0.2, 0.25) is 0 Å². The fourth-order valence-electron chi connectivity index (χ4n) is 3.79. The van der Waals surface area contributed by atoms with Gasteiger partial charge in [0.25, 0.3) is 0 Å². The van der Waals surface area contributed by atoms with Crippen molar-refractivity contribution in [2.45, 2.75) is 56.7 Å². The van der Waals surface area contributed by atoms with Crippen LogP contribution in [0.3, 0.4) is 0 Å². The first-order chi connectivity index (χ1) is 9.67. The van der Waals surface area contributed by atoms with E-state index < -0.39 is 0 Å². The van der Waals surface area contributed by atoms with Gasteiger partial charge in [0.05, 0.1) is 5.60 Å². The Labute approximate surface area is 122 Å². The van der Waals surface area contributed by atoms with Crippen LogP contribution in [0.4, 0.5) is 5.69 Å². The van der Waals surface area contributed by atoms with Gasteiger partial charge in [-0.25, -0.2) is 0 Å². The largest absolute Gasteiger partial charge is 0.399 e. The topological polar surface area (TPSA) is 38.5 Å². The second-order valence-electron chi connectivity index (χ2n) is 6.54. The van der Waals surface area contributed by atoms with Crippen molar-refractivity contribution in [1.82, 2.24) is 4.90 Å². The summed E-state index contributed by atoms with van der Waals surface area (Å²) in [5.74, 6) is 0. The van der Waals surface area contributed by atoms with Gasteiger partial charge in [0, 0.05) is 24.9 Å². The number of benzene rings is 1. The molecule has 1 aliphatic carbocycles. The molecule has 0 amide bonds. The zero-order chi connectivity index (χ0) is 14.0. The Balaban J connectivity index is 1.61. The molecule has 1 unspecified atom stereocenters. The van der Waals surface area contributed by atoms with Gasteiger partial charge < -0.3 is 10.5 Å². The zero-order valence-electron chi connectivity index (χ0n) is 12.5. The lowest BCUT2D eigenvalue weighted by atomic mass is 9.88. The molecule has 1 saturated heterocycles. The molecule has 1 aliphatic heterocycles. The van der Waals surface area contributed by atoms with E-state index in [9.17, 15) is 0 Å². The fourth-order valence-corrected chi connectivity index (χ4v) is 3.79. The van der Waals surface area contributed by atoms with Crippen LogP contribution in [0, 0.1) is 0 Å². The van der Waals surface area contributed by atoms with Crippen LogP contribution in [-0.4, -0.2) is 30.2 Å². The number of anilines is 1. The van der Waals surface area contributed by atoms with Crippen molar-refractivity contribution in [3.05, 3.63) is 29.8 Å². The van der Waals surface area contributed by atoms with Gasteiger partial charge in [-0.1, -0.05) is 25.0 Å². The number of rotatable bonds is 3. The van der Waals surface area contributed by atoms with Gasteiger partial charge in [0.1, 0.15) is 0 Å². The van der Waals surface area contributed by atoms with E-state index >= 15 is 0 Å². The molecule has 3 rings (SSSR count). The molecule has 1 saturated carbocycles. The summed E-state index contributed by atoms with van der Waals surface area (Å²) in [5, 5.41) is 0. The first-order valence-electron chi connectivity index (χ1n) is 7.86. The Morgan fingerprint density at radius 1 is 1.25 bits per heavy atom. The molecule has 0 bridgehead atoms. The van der Waals surface area contributed by atoms with Crippen molar-refractivity contribution in [3.63, 3.8) is 0 Å². The molecule has 0 aromatic heterocycles. The number of ether oxygens (including phenoxy) is 1. The summed E-state index contributed by atoms with van der Waals surface area (Å²) < 4.78 is 6.13. The second kappa shape index (κ2) is 5.74. The highest BCUT2D eigenvalue weighted by Crippen LogP contribution is 2.41. The normalized spacial score (nSPS) is 25.4. The molecule has 3 nitrogen and oxygen atoms in total. The van der Waals surface area contributed by atoms with Crippen LogP contribution in [0.15, 0.2) is 24.3 Å². The van der Waals surface area contributed by atoms with Crippen molar-refractivity contribution in [2.75, 3.05) is 19.4 Å². The van der Waals surface area contributed by atoms with Crippen molar-refractivity contribution < 1.29 is 4.74 Å². The molecule has 3 heteroatoms. The summed E-state index contributed by atoms with van der Waals surface area (Å²) in [4.78, 5) is 2.49. The molecular formula is C17H26N2O. The lowest BCUT2D eigenvalue weighted by Crippen LogP contribution is -2.46. The molecule has 1 aromatic carbocycles. The summed E-state index contributed by atoms with van der Waals surface area (Å²) in [7, 11) is 2.25. The average molecular weight is 274 g/mol. The zero-order valence-corrected chi connectivity index (χ0v) is 12.5. The van der Waals surface area contributed by atoms with E-state index in [1.165, 1.54) is 37.7 Å². The number of nitrogens with two attached hydrogens (primary N) is 1. The van der Waals surface area contributed by atoms with Crippen LogP contribution in [-0.2, 0) is 11.3 Å². The van der Waals surface area contributed by atoms with E-state index in [1.54, 1.807) is 0 Å². The molecule has 2 fully saturated rings. The predicted molar refractivity (Wildman–Crippen MR) is 82.5 cm³/mol. The van der Waals surface area contributed by atoms with Gasteiger partial charge in [-0.15, -0.1) is 0 Å². The summed E-state index contributed by atoms with van der Waals surface area (Å²) in [5.41, 5.74) is 8.14. The highest BCUT2D eigenvalue weighted by atomic mass is 16.5. The predicted octanol–water partition coefficient (Wildman–Crippen LogP) is 3.19. The summed E-state index contributed by atoms with van der Waals surface area (Å²) in [6.45, 7) is 1.93. The van der Waals surface area contributed by atoms with Crippen molar-refractivity contribution in [2.24, 2.45) is 0 Å². The third-order valence-electron chi connectivity index (χ3n) is 5.02. The number of nitrogens with zero attached hydrogens (tertiary/aromatic N) is 1. The van der Waals surface area contributed by atoms with E-state index in [-0.39, 0.29) is 5.60 Å². The van der Waals surface area contributed by atoms with E-state index in [0.717, 1.165) is 25.3 Å². The van der Waals surface area contributed by atoms with Gasteiger partial charge in [-0.2, -0.15) is 0 Å². The van der Waals surface area contributed by atoms with Crippen LogP contribution < -0.4 is 5.73 Å². The second-order valence-corrected chi connectivity index (χ2v) is 6.54. The highest BCUT2D eigenvalue weighted by molar-refractivity contribution is 5.39. The van der Waals surface area contributed by atoms with Gasteiger partial charge >= 0.3 is 0 Å². The molecular weight excluding hydrogens is 248 g/mol. The van der Waals surface area contributed by atoms with Gasteiger partial charge in [0.2, 0.25) is 0 Å². The summed E-state index contributed by atoms with van der Waals surface area (Å²) in [6.07, 6.45) is 7.58. The van der Waals surface area contributed by atoms with E-state index in [1.807, 2.05) is 12.1 Å². The molecule has 0 radical (unpaired) electrons. The lowest BCUT2D eigenvalue weighted by molar-refractivity contribution is -0.0997. The maximum atomic E-state index is 6.13. The Hall–Kier alpha value is -1.06. The van der Waals surface area contributed by atoms with Crippen LogP contribution >= 0.6 is 0 Å². The number of nitrogen functional groups attached to an aromatic ring is 1. The van der Waals surface area contributed by atoms with E-state index in [0.29, 0.717) is 6.04 Å². The van der Waals surface area contributed by atoms with E-state index in [4.69, 9.17) is 10.5 Å². The molecule has 1 spiro atoms. The summed E-state index contributed by atoms with van der Waals surface area (Å²) >= 11 is 0. The monoisotopic (exact) mass is 274 g/mol. The van der Waals surface area contributed by atoms with Crippen LogP contribution in [0.25, 0.3) is 0 Å². The molecule has 1 aromatic rings. The first-order valence-corrected chi connectivity index (χ1v) is 7.86. The smallest absolute Gasteiger partial charge is 0.0697 e. The van der Waals surface area contributed by atoms with Crippen molar-refractivity contribution >= 4 is 5.69 Å². The molecule has 1 atom stereocenters. The lowest BCUT2D eigenvalue weighted by Gasteiger charge is -2.42. The SMILES string of the molecule is CN(Cc1ccc(N)cc1)C1CCOC2(CCCC2)C1. The Bertz CT molecular complexity index is 437. The molecule has 110 valence electrons. The molecule has 2 N–H and O–H groups in total. The van der Waals surface area contributed by atoms with Gasteiger partial charge in [-0.05, 0) is 50.4 Å². The van der Waals surface area contributed by atoms with Crippen molar-refractivity contribution in [3.8, 4) is 0 Å². The Morgan fingerprint density at radius 2 is 1.95 bits per heavy atom. The maximum absolute atomic E-state index is 6.13. The summed E-state index contributed by atoms with van der Waals surface area (Å²) in [6, 6.07) is 8.91. The molecule has 20 heavy (non-hydrogen) atoms. The Morgan fingerprint density at radius 3 is 2.65 bits per heavy atom. The quantitative estimate of drug-likeness (QED) is 0.860. The standard InChI is InChI=1S/C17H26N2O/c1-19(13-14-4-6-15(18)7-5-14)16-8-11-20-17(12-16)9-2-3-10-17/h4-7,16H,2-3,8-13,18H2,1H3. The average Bonchev–Trinajstić information content (AvgIpc) is 2.89. The molecule has 2 aliphatic rings. The van der Waals surface area contributed by atoms with Crippen molar-refractivity contribution in [1.29, 1.82) is 0 Å². The van der Waals surface area contributed by atoms with Gasteiger partial charge in [0.15, 0.2) is 0 Å². The highest BCUT2D eigenvalue weighted by Gasteiger charge is 2.40. The molecule has 1 heterocycles.